The number of benzene rings is 1. The predicted octanol–water partition coefficient (Wildman–Crippen LogP) is 4.02. The molecule has 1 saturated heterocycles. The smallest absolute Gasteiger partial charge is 0.274 e. The molecule has 146 valence electrons. The maximum atomic E-state index is 13.3. The van der Waals surface area contributed by atoms with Crippen LogP contribution in [0.4, 0.5) is 0 Å². The van der Waals surface area contributed by atoms with Crippen LogP contribution in [0.25, 0.3) is 5.65 Å². The third-order valence-corrected chi connectivity index (χ3v) is 5.83. The molecule has 0 aliphatic carbocycles. The van der Waals surface area contributed by atoms with Crippen molar-refractivity contribution in [2.75, 3.05) is 6.54 Å². The van der Waals surface area contributed by atoms with Gasteiger partial charge >= 0.3 is 0 Å². The van der Waals surface area contributed by atoms with Crippen LogP contribution in [-0.4, -0.2) is 37.9 Å². The largest absolute Gasteiger partial charge is 0.385 e. The number of imidazole rings is 1. The summed E-state index contributed by atoms with van der Waals surface area (Å²) in [5, 5.41) is 11.3. The van der Waals surface area contributed by atoms with E-state index in [0.29, 0.717) is 25.1 Å². The Hall–Kier alpha value is -2.66. The molecular weight excluding hydrogens is 350 g/mol. The summed E-state index contributed by atoms with van der Waals surface area (Å²) in [5.41, 5.74) is 1.30. The van der Waals surface area contributed by atoms with Crippen LogP contribution in [0.2, 0.25) is 0 Å². The van der Waals surface area contributed by atoms with Gasteiger partial charge in [-0.2, -0.15) is 0 Å². The molecule has 5 heteroatoms. The molecule has 0 bridgehead atoms. The number of unbranched alkanes of at least 4 members (excludes halogenated alkanes) is 1. The average molecular weight is 377 g/mol. The van der Waals surface area contributed by atoms with Crippen molar-refractivity contribution in [1.82, 2.24) is 14.3 Å². The van der Waals surface area contributed by atoms with Crippen LogP contribution in [0.3, 0.4) is 0 Å². The quantitative estimate of drug-likeness (QED) is 0.731. The number of aliphatic hydroxyl groups is 1. The Bertz CT molecular complexity index is 920. The number of carbonyl (C=O) groups excluding carboxylic acids is 1. The minimum absolute atomic E-state index is 0.0104. The van der Waals surface area contributed by atoms with E-state index in [-0.39, 0.29) is 11.9 Å². The molecule has 3 heterocycles. The highest BCUT2D eigenvalue weighted by Gasteiger charge is 2.41. The van der Waals surface area contributed by atoms with Gasteiger partial charge in [-0.3, -0.25) is 4.79 Å². The number of rotatable bonds is 5. The molecule has 1 aliphatic heterocycles. The van der Waals surface area contributed by atoms with Gasteiger partial charge in [-0.1, -0.05) is 56.2 Å². The number of hydrogen-bond acceptors (Lipinski definition) is 3. The standard InChI is InChI=1S/C23H27N3O2/c1-2-3-11-19-16-23(28,18-9-5-4-6-10-18)13-15-26(19)22(27)20-17-25-14-8-7-12-21(25)24-20/h4-10,12,14,17,19,28H,2-3,11,13,15-16H2,1H3/t19-,23?/m0/s1. The zero-order chi connectivity index (χ0) is 19.6. The first-order valence-corrected chi connectivity index (χ1v) is 10.1. The van der Waals surface area contributed by atoms with Crippen LogP contribution in [-0.2, 0) is 5.60 Å². The fourth-order valence-corrected chi connectivity index (χ4v) is 4.25. The van der Waals surface area contributed by atoms with Gasteiger partial charge in [0.2, 0.25) is 0 Å². The number of likely N-dealkylation sites (tertiary alicyclic amines) is 1. The Labute approximate surface area is 165 Å². The average Bonchev–Trinajstić information content (AvgIpc) is 3.17. The molecular formula is C23H27N3O2. The van der Waals surface area contributed by atoms with E-state index in [1.165, 1.54) is 0 Å². The number of aromatic nitrogens is 2. The van der Waals surface area contributed by atoms with E-state index >= 15 is 0 Å². The zero-order valence-electron chi connectivity index (χ0n) is 16.3. The molecule has 0 radical (unpaired) electrons. The molecule has 1 unspecified atom stereocenters. The van der Waals surface area contributed by atoms with Crippen LogP contribution in [0, 0.1) is 0 Å². The van der Waals surface area contributed by atoms with E-state index in [2.05, 4.69) is 11.9 Å². The minimum atomic E-state index is -0.880. The van der Waals surface area contributed by atoms with E-state index in [9.17, 15) is 9.90 Å². The van der Waals surface area contributed by atoms with Crippen LogP contribution in [0.1, 0.15) is 55.1 Å². The minimum Gasteiger partial charge on any atom is -0.385 e. The second-order valence-electron chi connectivity index (χ2n) is 7.74. The molecule has 2 aromatic heterocycles. The molecule has 1 amide bonds. The Morgan fingerprint density at radius 2 is 2.00 bits per heavy atom. The van der Waals surface area contributed by atoms with Crippen molar-refractivity contribution in [1.29, 1.82) is 0 Å². The normalized spacial score (nSPS) is 22.5. The lowest BCUT2D eigenvalue weighted by molar-refractivity contribution is -0.0458. The van der Waals surface area contributed by atoms with E-state index in [0.717, 1.165) is 30.5 Å². The predicted molar refractivity (Wildman–Crippen MR) is 109 cm³/mol. The van der Waals surface area contributed by atoms with Crippen LogP contribution in [0.15, 0.2) is 60.9 Å². The van der Waals surface area contributed by atoms with Gasteiger partial charge in [0.25, 0.3) is 5.91 Å². The van der Waals surface area contributed by atoms with Crippen LogP contribution >= 0.6 is 0 Å². The van der Waals surface area contributed by atoms with E-state index in [1.54, 1.807) is 6.20 Å². The number of pyridine rings is 1. The van der Waals surface area contributed by atoms with Gasteiger partial charge in [0.15, 0.2) is 0 Å². The molecule has 1 aromatic carbocycles. The van der Waals surface area contributed by atoms with E-state index in [1.807, 2.05) is 64.0 Å². The summed E-state index contributed by atoms with van der Waals surface area (Å²) in [6.07, 6.45) is 7.80. The fraction of sp³-hybridized carbons (Fsp3) is 0.391. The van der Waals surface area contributed by atoms with Gasteiger partial charge in [0.1, 0.15) is 11.3 Å². The van der Waals surface area contributed by atoms with Crippen LogP contribution in [0.5, 0.6) is 0 Å². The highest BCUT2D eigenvalue weighted by molar-refractivity contribution is 5.93. The van der Waals surface area contributed by atoms with Crippen molar-refractivity contribution >= 4 is 11.6 Å². The first-order chi connectivity index (χ1) is 13.6. The molecule has 28 heavy (non-hydrogen) atoms. The SMILES string of the molecule is CCCC[C@H]1CC(O)(c2ccccc2)CCN1C(=O)c1cn2ccccc2n1. The number of fused-ring (bicyclic) bond motifs is 1. The molecule has 4 rings (SSSR count). The van der Waals surface area contributed by atoms with Crippen molar-refractivity contribution in [3.05, 3.63) is 72.2 Å². The van der Waals surface area contributed by atoms with Gasteiger partial charge in [-0.25, -0.2) is 4.98 Å². The Kier molecular flexibility index (Phi) is 5.18. The van der Waals surface area contributed by atoms with Crippen molar-refractivity contribution in [3.8, 4) is 0 Å². The monoisotopic (exact) mass is 377 g/mol. The van der Waals surface area contributed by atoms with Gasteiger partial charge < -0.3 is 14.4 Å². The second kappa shape index (κ2) is 7.76. The van der Waals surface area contributed by atoms with Crippen molar-refractivity contribution < 1.29 is 9.90 Å². The number of amides is 1. The highest BCUT2D eigenvalue weighted by atomic mass is 16.3. The van der Waals surface area contributed by atoms with Crippen molar-refractivity contribution in [2.24, 2.45) is 0 Å². The number of piperidine rings is 1. The molecule has 0 spiro atoms. The zero-order valence-corrected chi connectivity index (χ0v) is 16.3. The summed E-state index contributed by atoms with van der Waals surface area (Å²) in [6.45, 7) is 2.69. The first-order valence-electron chi connectivity index (χ1n) is 10.1. The van der Waals surface area contributed by atoms with Gasteiger partial charge in [-0.15, -0.1) is 0 Å². The lowest BCUT2D eigenvalue weighted by Crippen LogP contribution is -2.51. The highest BCUT2D eigenvalue weighted by Crippen LogP contribution is 2.37. The third kappa shape index (κ3) is 3.54. The summed E-state index contributed by atoms with van der Waals surface area (Å²) >= 11 is 0. The van der Waals surface area contributed by atoms with Gasteiger partial charge in [0, 0.05) is 31.4 Å². The molecule has 1 aliphatic rings. The molecule has 2 atom stereocenters. The van der Waals surface area contributed by atoms with Crippen molar-refractivity contribution in [2.45, 2.75) is 50.7 Å². The summed E-state index contributed by atoms with van der Waals surface area (Å²) in [4.78, 5) is 19.7. The first kappa shape index (κ1) is 18.7. The maximum Gasteiger partial charge on any atom is 0.274 e. The van der Waals surface area contributed by atoms with Gasteiger partial charge in [0.05, 0.1) is 5.60 Å². The number of hydrogen-bond donors (Lipinski definition) is 1. The lowest BCUT2D eigenvalue weighted by atomic mass is 9.79. The molecule has 5 nitrogen and oxygen atoms in total. The molecule has 1 fully saturated rings. The topological polar surface area (TPSA) is 57.8 Å². The number of nitrogens with zero attached hydrogens (tertiary/aromatic N) is 3. The molecule has 1 N–H and O–H groups in total. The Morgan fingerprint density at radius 3 is 2.75 bits per heavy atom. The summed E-state index contributed by atoms with van der Waals surface area (Å²) < 4.78 is 1.87. The third-order valence-electron chi connectivity index (χ3n) is 5.83. The molecule has 3 aromatic rings. The van der Waals surface area contributed by atoms with E-state index in [4.69, 9.17) is 0 Å². The second-order valence-corrected chi connectivity index (χ2v) is 7.74. The lowest BCUT2D eigenvalue weighted by Gasteiger charge is -2.44. The summed E-state index contributed by atoms with van der Waals surface area (Å²) in [6, 6.07) is 15.6. The Balaban J connectivity index is 1.60. The summed E-state index contributed by atoms with van der Waals surface area (Å²) in [7, 11) is 0. The van der Waals surface area contributed by atoms with E-state index < -0.39 is 5.60 Å². The fourth-order valence-electron chi connectivity index (χ4n) is 4.25. The van der Waals surface area contributed by atoms with Crippen molar-refractivity contribution in [3.63, 3.8) is 0 Å². The maximum absolute atomic E-state index is 13.3. The molecule has 0 saturated carbocycles. The Morgan fingerprint density at radius 1 is 1.21 bits per heavy atom. The summed E-state index contributed by atoms with van der Waals surface area (Å²) in [5.74, 6) is -0.0417. The van der Waals surface area contributed by atoms with Gasteiger partial charge in [-0.05, 0) is 30.5 Å². The van der Waals surface area contributed by atoms with Crippen LogP contribution < -0.4 is 0 Å². The number of carbonyl (C=O) groups is 1.